The summed E-state index contributed by atoms with van der Waals surface area (Å²) in [7, 11) is 0. The van der Waals surface area contributed by atoms with Crippen molar-refractivity contribution < 1.29 is 4.74 Å². The van der Waals surface area contributed by atoms with E-state index in [1.165, 1.54) is 0 Å². The second-order valence-electron chi connectivity index (χ2n) is 4.65. The third-order valence-corrected chi connectivity index (χ3v) is 4.89. The van der Waals surface area contributed by atoms with E-state index >= 15 is 0 Å². The maximum atomic E-state index is 6.04. The van der Waals surface area contributed by atoms with E-state index in [0.717, 1.165) is 45.0 Å². The standard InChI is InChI=1S/C13H19BrN2OS2/c1-3-5-6-13(17-7-4-2)15-11(18)9-8-10(14)19-12(9)16-13/h8,16H,3-7H2,1-2H3,(H,15,18). The Hall–Kier alpha value is -0.170. The van der Waals surface area contributed by atoms with Crippen LogP contribution in [0.1, 0.15) is 45.1 Å². The van der Waals surface area contributed by atoms with E-state index in [9.17, 15) is 0 Å². The summed E-state index contributed by atoms with van der Waals surface area (Å²) >= 11 is 10.7. The van der Waals surface area contributed by atoms with Gasteiger partial charge < -0.3 is 15.4 Å². The number of hydrogen-bond acceptors (Lipinski definition) is 4. The van der Waals surface area contributed by atoms with Gasteiger partial charge in [-0.25, -0.2) is 0 Å². The van der Waals surface area contributed by atoms with Gasteiger partial charge in [-0.05, 0) is 34.8 Å². The Balaban J connectivity index is 2.23. The summed E-state index contributed by atoms with van der Waals surface area (Å²) < 4.78 is 7.12. The molecule has 0 radical (unpaired) electrons. The molecule has 0 fully saturated rings. The van der Waals surface area contributed by atoms with E-state index < -0.39 is 5.85 Å². The molecule has 2 heterocycles. The minimum atomic E-state index is -0.541. The van der Waals surface area contributed by atoms with Gasteiger partial charge in [-0.1, -0.05) is 32.5 Å². The highest BCUT2D eigenvalue weighted by Gasteiger charge is 2.37. The zero-order valence-corrected chi connectivity index (χ0v) is 14.4. The molecule has 19 heavy (non-hydrogen) atoms. The van der Waals surface area contributed by atoms with Gasteiger partial charge in [-0.2, -0.15) is 0 Å². The van der Waals surface area contributed by atoms with Gasteiger partial charge in [0.05, 0.1) is 10.4 Å². The first-order chi connectivity index (χ1) is 9.10. The van der Waals surface area contributed by atoms with Gasteiger partial charge in [-0.15, -0.1) is 11.3 Å². The highest BCUT2D eigenvalue weighted by atomic mass is 79.9. The molecule has 1 aromatic rings. The summed E-state index contributed by atoms with van der Waals surface area (Å²) in [4.78, 5) is 0.767. The lowest BCUT2D eigenvalue weighted by molar-refractivity contribution is -0.0429. The minimum absolute atomic E-state index is 0.541. The van der Waals surface area contributed by atoms with Crippen LogP contribution in [0.5, 0.6) is 0 Å². The van der Waals surface area contributed by atoms with Gasteiger partial charge in [0, 0.05) is 12.0 Å². The molecule has 0 spiro atoms. The summed E-state index contributed by atoms with van der Waals surface area (Å²) in [5.74, 6) is -0.541. The first kappa shape index (κ1) is 15.2. The van der Waals surface area contributed by atoms with Crippen LogP contribution in [0.3, 0.4) is 0 Å². The normalized spacial score (nSPS) is 21.7. The average Bonchev–Trinajstić information content (AvgIpc) is 2.75. The summed E-state index contributed by atoms with van der Waals surface area (Å²) in [6, 6.07) is 2.05. The SMILES string of the molecule is CCCCC1(OCCC)NC(=S)c2cc(Br)sc2N1. The van der Waals surface area contributed by atoms with Crippen LogP contribution < -0.4 is 10.6 Å². The zero-order valence-electron chi connectivity index (χ0n) is 11.2. The number of ether oxygens (including phenoxy) is 1. The summed E-state index contributed by atoms with van der Waals surface area (Å²) in [6.07, 6.45) is 4.12. The van der Waals surface area contributed by atoms with Crippen LogP contribution in [0.25, 0.3) is 0 Å². The summed E-state index contributed by atoms with van der Waals surface area (Å²) in [6.45, 7) is 5.01. The highest BCUT2D eigenvalue weighted by Crippen LogP contribution is 2.38. The first-order valence-corrected chi connectivity index (χ1v) is 8.66. The summed E-state index contributed by atoms with van der Waals surface area (Å²) in [5.41, 5.74) is 1.05. The van der Waals surface area contributed by atoms with Crippen LogP contribution in [-0.4, -0.2) is 17.4 Å². The molecule has 1 atom stereocenters. The maximum Gasteiger partial charge on any atom is 0.217 e. The third kappa shape index (κ3) is 3.48. The van der Waals surface area contributed by atoms with Crippen LogP contribution in [0, 0.1) is 0 Å². The van der Waals surface area contributed by atoms with Crippen molar-refractivity contribution in [3.05, 3.63) is 15.4 Å². The molecule has 0 aliphatic carbocycles. The molecule has 1 unspecified atom stereocenters. The third-order valence-electron chi connectivity index (χ3n) is 3.01. The molecular formula is C13H19BrN2OS2. The largest absolute Gasteiger partial charge is 0.338 e. The number of anilines is 1. The number of thiophene rings is 1. The molecule has 1 aliphatic rings. The van der Waals surface area contributed by atoms with E-state index in [0.29, 0.717) is 6.61 Å². The second-order valence-corrected chi connectivity index (χ2v) is 7.49. The van der Waals surface area contributed by atoms with Crippen LogP contribution in [-0.2, 0) is 4.74 Å². The molecule has 6 heteroatoms. The van der Waals surface area contributed by atoms with Gasteiger partial charge in [0.25, 0.3) is 0 Å². The molecule has 2 N–H and O–H groups in total. The van der Waals surface area contributed by atoms with Crippen LogP contribution in [0.4, 0.5) is 5.00 Å². The number of halogens is 1. The van der Waals surface area contributed by atoms with E-state index in [4.69, 9.17) is 17.0 Å². The Kier molecular flexibility index (Phi) is 5.22. The average molecular weight is 363 g/mol. The zero-order chi connectivity index (χ0) is 13.9. The molecule has 0 saturated carbocycles. The molecule has 0 amide bonds. The van der Waals surface area contributed by atoms with E-state index in [1.54, 1.807) is 11.3 Å². The number of rotatable bonds is 6. The lowest BCUT2D eigenvalue weighted by Crippen LogP contribution is -2.58. The summed E-state index contributed by atoms with van der Waals surface area (Å²) in [5, 5.41) is 7.94. The fourth-order valence-electron chi connectivity index (χ4n) is 2.06. The van der Waals surface area contributed by atoms with Crippen LogP contribution in [0.2, 0.25) is 0 Å². The maximum absolute atomic E-state index is 6.04. The van der Waals surface area contributed by atoms with Crippen molar-refractivity contribution in [2.24, 2.45) is 0 Å². The predicted octanol–water partition coefficient (Wildman–Crippen LogP) is 4.47. The molecule has 106 valence electrons. The molecule has 3 nitrogen and oxygen atoms in total. The van der Waals surface area contributed by atoms with E-state index in [1.807, 2.05) is 6.07 Å². The van der Waals surface area contributed by atoms with E-state index in [-0.39, 0.29) is 0 Å². The monoisotopic (exact) mass is 362 g/mol. The van der Waals surface area contributed by atoms with Gasteiger partial charge in [-0.3, -0.25) is 0 Å². The van der Waals surface area contributed by atoms with Gasteiger partial charge in [0.15, 0.2) is 0 Å². The topological polar surface area (TPSA) is 33.3 Å². The van der Waals surface area contributed by atoms with E-state index in [2.05, 4.69) is 40.4 Å². The van der Waals surface area contributed by atoms with Crippen molar-refractivity contribution in [3.63, 3.8) is 0 Å². The molecule has 0 bridgehead atoms. The highest BCUT2D eigenvalue weighted by molar-refractivity contribution is 9.11. The van der Waals surface area contributed by atoms with Crippen molar-refractivity contribution in [1.82, 2.24) is 5.32 Å². The van der Waals surface area contributed by atoms with Crippen LogP contribution in [0.15, 0.2) is 9.85 Å². The van der Waals surface area contributed by atoms with Crippen molar-refractivity contribution in [2.45, 2.75) is 45.4 Å². The fraction of sp³-hybridized carbons (Fsp3) is 0.615. The van der Waals surface area contributed by atoms with Crippen molar-refractivity contribution in [1.29, 1.82) is 0 Å². The fourth-order valence-corrected chi connectivity index (χ4v) is 4.02. The lowest BCUT2D eigenvalue weighted by Gasteiger charge is -2.40. The minimum Gasteiger partial charge on any atom is -0.338 e. The van der Waals surface area contributed by atoms with Gasteiger partial charge in [0.1, 0.15) is 9.99 Å². The first-order valence-electron chi connectivity index (χ1n) is 6.64. The smallest absolute Gasteiger partial charge is 0.217 e. The van der Waals surface area contributed by atoms with Crippen molar-refractivity contribution in [3.8, 4) is 0 Å². The molecular weight excluding hydrogens is 344 g/mol. The number of nitrogens with one attached hydrogen (secondary N) is 2. The number of thiocarbonyl (C=S) groups is 1. The van der Waals surface area contributed by atoms with Gasteiger partial charge in [0.2, 0.25) is 5.85 Å². The second kappa shape index (κ2) is 6.52. The lowest BCUT2D eigenvalue weighted by atomic mass is 10.1. The number of unbranched alkanes of at least 4 members (excludes halogenated alkanes) is 1. The van der Waals surface area contributed by atoms with Gasteiger partial charge >= 0.3 is 0 Å². The molecule has 0 aromatic carbocycles. The Bertz CT molecular complexity index is 453. The Morgan fingerprint density at radius 3 is 2.84 bits per heavy atom. The van der Waals surface area contributed by atoms with Crippen molar-refractivity contribution >= 4 is 49.5 Å². The molecule has 0 saturated heterocycles. The predicted molar refractivity (Wildman–Crippen MR) is 89.0 cm³/mol. The number of hydrogen-bond donors (Lipinski definition) is 2. The number of fused-ring (bicyclic) bond motifs is 1. The Labute approximate surface area is 132 Å². The molecule has 2 rings (SSSR count). The molecule has 1 aliphatic heterocycles. The Morgan fingerprint density at radius 1 is 1.37 bits per heavy atom. The van der Waals surface area contributed by atoms with Crippen molar-refractivity contribution in [2.75, 3.05) is 11.9 Å². The van der Waals surface area contributed by atoms with Crippen LogP contribution >= 0.6 is 39.5 Å². The molecule has 1 aromatic heterocycles. The Morgan fingerprint density at radius 2 is 2.16 bits per heavy atom. The quantitative estimate of drug-likeness (QED) is 0.731.